The van der Waals surface area contributed by atoms with Crippen LogP contribution in [-0.2, 0) is 0 Å². The van der Waals surface area contributed by atoms with Crippen LogP contribution in [0.2, 0.25) is 0 Å². The van der Waals surface area contributed by atoms with Crippen molar-refractivity contribution in [2.75, 3.05) is 6.54 Å². The van der Waals surface area contributed by atoms with Crippen molar-refractivity contribution in [2.45, 2.75) is 0 Å². The minimum absolute atomic E-state index is 0.0122. The number of carbonyl (C=O) groups is 1. The van der Waals surface area contributed by atoms with E-state index in [9.17, 15) is 4.79 Å². The zero-order valence-corrected chi connectivity index (χ0v) is 16.7. The van der Waals surface area contributed by atoms with Gasteiger partial charge in [0.25, 0.3) is 0 Å². The van der Waals surface area contributed by atoms with Crippen LogP contribution in [0.5, 0.6) is 0 Å². The number of benzene rings is 3. The highest BCUT2D eigenvalue weighted by molar-refractivity contribution is 6.09. The molecule has 0 radical (unpaired) electrons. The molecule has 148 valence electrons. The monoisotopic (exact) mass is 403 g/mol. The summed E-state index contributed by atoms with van der Waals surface area (Å²) in [6.07, 6.45) is 1.79. The number of aromatic nitrogens is 1. The second-order valence-corrected chi connectivity index (χ2v) is 7.23. The SMILES string of the molecule is O=C(c1ccccc1)c1ccc(C2=NN=[N+](c3cccc(-c4ccccn4)c3)C2)cc1. The van der Waals surface area contributed by atoms with Crippen LogP contribution in [-0.4, -0.2) is 27.7 Å². The van der Waals surface area contributed by atoms with Crippen LogP contribution in [0.3, 0.4) is 0 Å². The van der Waals surface area contributed by atoms with Gasteiger partial charge >= 0.3 is 0 Å². The van der Waals surface area contributed by atoms with Crippen molar-refractivity contribution < 1.29 is 9.49 Å². The van der Waals surface area contributed by atoms with E-state index in [1.165, 1.54) is 0 Å². The highest BCUT2D eigenvalue weighted by atomic mass is 16.1. The zero-order chi connectivity index (χ0) is 21.0. The lowest BCUT2D eigenvalue weighted by atomic mass is 10.0. The third-order valence-electron chi connectivity index (χ3n) is 5.19. The van der Waals surface area contributed by atoms with Crippen LogP contribution in [0.25, 0.3) is 11.3 Å². The molecule has 0 atom stereocenters. The van der Waals surface area contributed by atoms with E-state index < -0.39 is 0 Å². The number of nitrogens with zero attached hydrogens (tertiary/aromatic N) is 4. The molecule has 2 heterocycles. The van der Waals surface area contributed by atoms with E-state index in [1.807, 2.05) is 95.7 Å². The lowest BCUT2D eigenvalue weighted by Gasteiger charge is -2.04. The van der Waals surface area contributed by atoms with Gasteiger partial charge in [0, 0.05) is 28.5 Å². The van der Waals surface area contributed by atoms with Gasteiger partial charge in [0.05, 0.1) is 10.8 Å². The normalized spacial score (nSPS) is 12.9. The first kappa shape index (κ1) is 18.8. The van der Waals surface area contributed by atoms with Crippen molar-refractivity contribution in [3.63, 3.8) is 0 Å². The molecular weight excluding hydrogens is 384 g/mol. The first-order valence-electron chi connectivity index (χ1n) is 10.0. The van der Waals surface area contributed by atoms with Crippen LogP contribution < -0.4 is 0 Å². The van der Waals surface area contributed by atoms with Crippen molar-refractivity contribution in [3.05, 3.63) is 120 Å². The molecule has 0 unspecified atom stereocenters. The Hall–Kier alpha value is -4.25. The fourth-order valence-electron chi connectivity index (χ4n) is 3.53. The standard InChI is InChI=1S/C26H19N4O/c31-26(20-7-2-1-3-8-20)21-14-12-19(13-15-21)25-18-30(29-28-25)23-10-6-9-22(17-23)24-11-4-5-16-27-24/h1-17H,18H2/q+1. The highest BCUT2D eigenvalue weighted by Gasteiger charge is 2.24. The predicted octanol–water partition coefficient (Wildman–Crippen LogP) is 5.49. The summed E-state index contributed by atoms with van der Waals surface area (Å²) in [5.74, 6) is 0.0122. The molecule has 0 spiro atoms. The van der Waals surface area contributed by atoms with Gasteiger partial charge in [0.2, 0.25) is 5.71 Å². The van der Waals surface area contributed by atoms with Crippen LogP contribution >= 0.6 is 0 Å². The fourth-order valence-corrected chi connectivity index (χ4v) is 3.53. The van der Waals surface area contributed by atoms with Gasteiger partial charge in [-0.05, 0) is 36.4 Å². The second-order valence-electron chi connectivity index (χ2n) is 7.23. The molecule has 0 bridgehead atoms. The molecule has 3 aromatic carbocycles. The van der Waals surface area contributed by atoms with E-state index in [-0.39, 0.29) is 5.78 Å². The number of pyridine rings is 1. The van der Waals surface area contributed by atoms with Crippen molar-refractivity contribution in [1.29, 1.82) is 0 Å². The molecule has 0 saturated heterocycles. The molecule has 0 fully saturated rings. The third-order valence-corrected chi connectivity index (χ3v) is 5.19. The Bertz CT molecular complexity index is 1290. The average molecular weight is 403 g/mol. The predicted molar refractivity (Wildman–Crippen MR) is 120 cm³/mol. The molecule has 1 aromatic heterocycles. The summed E-state index contributed by atoms with van der Waals surface area (Å²) >= 11 is 0. The highest BCUT2D eigenvalue weighted by Crippen LogP contribution is 2.24. The largest absolute Gasteiger partial charge is 0.289 e. The molecule has 5 rings (SSSR count). The summed E-state index contributed by atoms with van der Waals surface area (Å²) in [6.45, 7) is 0.567. The molecule has 0 aliphatic carbocycles. The lowest BCUT2D eigenvalue weighted by Crippen LogP contribution is -2.12. The molecule has 31 heavy (non-hydrogen) atoms. The lowest BCUT2D eigenvalue weighted by molar-refractivity contribution is -0.492. The molecule has 4 aromatic rings. The number of rotatable bonds is 5. The molecule has 0 saturated carbocycles. The first-order chi connectivity index (χ1) is 15.3. The maximum absolute atomic E-state index is 12.6. The smallest absolute Gasteiger partial charge is 0.231 e. The summed E-state index contributed by atoms with van der Waals surface area (Å²) < 4.78 is 1.87. The van der Waals surface area contributed by atoms with Gasteiger partial charge in [-0.25, -0.2) is 0 Å². The Morgan fingerprint density at radius 3 is 2.29 bits per heavy atom. The summed E-state index contributed by atoms with van der Waals surface area (Å²) in [5, 5.41) is 8.70. The molecule has 1 aliphatic rings. The van der Waals surface area contributed by atoms with Gasteiger partial charge < -0.3 is 0 Å². The van der Waals surface area contributed by atoms with Crippen LogP contribution in [0.4, 0.5) is 5.69 Å². The summed E-state index contributed by atoms with van der Waals surface area (Å²) in [7, 11) is 0. The minimum atomic E-state index is 0.0122. The van der Waals surface area contributed by atoms with Gasteiger partial charge in [-0.15, -0.1) is 4.70 Å². The van der Waals surface area contributed by atoms with Gasteiger partial charge in [-0.1, -0.05) is 60.7 Å². The van der Waals surface area contributed by atoms with Crippen molar-refractivity contribution in [1.82, 2.24) is 4.98 Å². The summed E-state index contributed by atoms with van der Waals surface area (Å²) in [5.41, 5.74) is 6.07. The number of carbonyl (C=O) groups excluding carboxylic acids is 1. The second kappa shape index (κ2) is 8.24. The van der Waals surface area contributed by atoms with E-state index in [2.05, 4.69) is 21.4 Å². The maximum Gasteiger partial charge on any atom is 0.231 e. The van der Waals surface area contributed by atoms with Gasteiger partial charge in [0.1, 0.15) is 5.22 Å². The van der Waals surface area contributed by atoms with Gasteiger partial charge in [-0.3, -0.25) is 9.78 Å². The molecular formula is C26H19N4O+. The van der Waals surface area contributed by atoms with Crippen molar-refractivity contribution in [3.8, 4) is 11.3 Å². The Morgan fingerprint density at radius 1 is 0.742 bits per heavy atom. The third kappa shape index (κ3) is 3.94. The van der Waals surface area contributed by atoms with Crippen molar-refractivity contribution >= 4 is 17.2 Å². The quantitative estimate of drug-likeness (QED) is 0.327. The average Bonchev–Trinajstić information content (AvgIpc) is 3.35. The Labute approximate surface area is 180 Å². The topological polar surface area (TPSA) is 57.7 Å². The number of hydrogen-bond donors (Lipinski definition) is 0. The van der Waals surface area contributed by atoms with Gasteiger partial charge in [0.15, 0.2) is 18.0 Å². The molecule has 5 nitrogen and oxygen atoms in total. The molecule has 0 N–H and O–H groups in total. The van der Waals surface area contributed by atoms with E-state index in [0.717, 1.165) is 28.2 Å². The molecule has 5 heteroatoms. The van der Waals surface area contributed by atoms with E-state index in [1.54, 1.807) is 6.20 Å². The fraction of sp³-hybridized carbons (Fsp3) is 0.0385. The van der Waals surface area contributed by atoms with Gasteiger partial charge in [-0.2, -0.15) is 0 Å². The Kier molecular flexibility index (Phi) is 4.99. The van der Waals surface area contributed by atoms with Crippen LogP contribution in [0, 0.1) is 0 Å². The Balaban J connectivity index is 1.31. The molecule has 1 aliphatic heterocycles. The van der Waals surface area contributed by atoms with E-state index >= 15 is 0 Å². The van der Waals surface area contributed by atoms with Crippen molar-refractivity contribution in [2.24, 2.45) is 10.3 Å². The summed E-state index contributed by atoms with van der Waals surface area (Å²) in [4.78, 5) is 17.0. The Morgan fingerprint density at radius 2 is 1.52 bits per heavy atom. The van der Waals surface area contributed by atoms with Crippen LogP contribution in [0.1, 0.15) is 21.5 Å². The minimum Gasteiger partial charge on any atom is -0.289 e. The number of hydrogen-bond acceptors (Lipinski definition) is 4. The maximum atomic E-state index is 12.6. The molecule has 0 amide bonds. The van der Waals surface area contributed by atoms with E-state index in [0.29, 0.717) is 17.7 Å². The van der Waals surface area contributed by atoms with Crippen LogP contribution in [0.15, 0.2) is 114 Å². The van der Waals surface area contributed by atoms with E-state index in [4.69, 9.17) is 0 Å². The summed E-state index contributed by atoms with van der Waals surface area (Å²) in [6, 6.07) is 30.8. The first-order valence-corrected chi connectivity index (χ1v) is 10.0. The number of ketones is 1. The zero-order valence-electron chi connectivity index (χ0n) is 16.7.